The van der Waals surface area contributed by atoms with Crippen molar-refractivity contribution in [3.63, 3.8) is 0 Å². The monoisotopic (exact) mass is 1270 g/mol. The molecule has 486 valence electrons. The third-order valence-electron chi connectivity index (χ3n) is 14.6. The van der Waals surface area contributed by atoms with Crippen molar-refractivity contribution < 1.29 is 57.4 Å². The van der Waals surface area contributed by atoms with E-state index in [-0.39, 0.29) is 73.2 Å². The van der Waals surface area contributed by atoms with Crippen molar-refractivity contribution >= 4 is 53.4 Å². The Balaban J connectivity index is 0.823. The van der Waals surface area contributed by atoms with Gasteiger partial charge in [-0.15, -0.1) is 0 Å². The fraction of sp³-hybridized carbons (Fsp3) is 0.304. The molecule has 0 aliphatic heterocycles. The summed E-state index contributed by atoms with van der Waals surface area (Å²) >= 11 is 0. The highest BCUT2D eigenvalue weighted by Crippen LogP contribution is 2.16. The molecule has 7 rings (SSSR count). The topological polar surface area (TPSA) is 319 Å². The predicted octanol–water partition coefficient (Wildman–Crippen LogP) is 7.72. The van der Waals surface area contributed by atoms with Crippen LogP contribution in [0.4, 0.5) is 14.4 Å². The standard InChI is InChI=1S/C69H75N9O15/c79-58(52-22-10-7-11-23-52)61(82)73-46-49-28-34-55(35-29-49)91-64(85)70-40-16-1-4-19-43-76-67(88)77(44-20-5-2-17-41-71-65(86)92-56-36-30-50(31-37-56)47-74-62(83)59(80)53-24-12-8-13-25-53)69(90)78(68(76)89)45-21-6-3-18-42-72-66(87)93-57-38-32-51(33-39-57)48-75-63(84)60(81)54-26-14-9-15-27-54/h7-15,22-39H,1-6,16-21,40-48H2,(H,70,85)(H,71,86)(H,72,87)(H,73,82)(H,74,83)(H,75,84). The molecule has 6 N–H and O–H groups in total. The first-order chi connectivity index (χ1) is 45.1. The molecule has 0 unspecified atom stereocenters. The number of carbonyl (C=O) groups excluding carboxylic acids is 9. The summed E-state index contributed by atoms with van der Waals surface area (Å²) in [4.78, 5) is 153. The summed E-state index contributed by atoms with van der Waals surface area (Å²) < 4.78 is 19.4. The average Bonchev–Trinajstić information content (AvgIpc) is 0.946. The van der Waals surface area contributed by atoms with E-state index in [4.69, 9.17) is 14.2 Å². The summed E-state index contributed by atoms with van der Waals surface area (Å²) in [5.74, 6) is -3.35. The highest BCUT2D eigenvalue weighted by molar-refractivity contribution is 6.43. The summed E-state index contributed by atoms with van der Waals surface area (Å²) in [6, 6.07) is 44.0. The van der Waals surface area contributed by atoms with Gasteiger partial charge in [0.25, 0.3) is 17.7 Å². The lowest BCUT2D eigenvalue weighted by Gasteiger charge is -2.14. The summed E-state index contributed by atoms with van der Waals surface area (Å²) in [7, 11) is 0. The van der Waals surface area contributed by atoms with Crippen molar-refractivity contribution in [1.29, 1.82) is 0 Å². The Morgan fingerprint density at radius 3 is 0.763 bits per heavy atom. The number of nitrogens with one attached hydrogen (secondary N) is 6. The molecule has 1 heterocycles. The Morgan fingerprint density at radius 2 is 0.516 bits per heavy atom. The SMILES string of the molecule is O=C(NCCCCCCn1c(=O)n(CCCCCCNC(=O)Oc2ccc(CNC(=O)C(=O)c3ccccc3)cc2)c(=O)n(CCCCCCNC(=O)Oc2ccc(CNC(=O)C(=O)c3ccccc3)cc2)c1=O)Oc1ccc(CNC(=O)C(=O)c2ccccc2)cc1. The molecule has 0 saturated heterocycles. The van der Waals surface area contributed by atoms with Gasteiger partial charge in [-0.3, -0.25) is 28.8 Å². The van der Waals surface area contributed by atoms with Crippen molar-refractivity contribution in [2.24, 2.45) is 0 Å². The van der Waals surface area contributed by atoms with Gasteiger partial charge in [-0.05, 0) is 91.6 Å². The van der Waals surface area contributed by atoms with E-state index in [2.05, 4.69) is 31.9 Å². The Morgan fingerprint density at radius 1 is 0.280 bits per heavy atom. The Labute approximate surface area is 536 Å². The van der Waals surface area contributed by atoms with Gasteiger partial charge in [0, 0.05) is 75.6 Å². The molecule has 6 amide bonds. The van der Waals surface area contributed by atoms with Crippen LogP contribution in [0, 0.1) is 0 Å². The second-order valence-electron chi connectivity index (χ2n) is 21.6. The van der Waals surface area contributed by atoms with E-state index in [0.29, 0.717) is 113 Å². The maximum Gasteiger partial charge on any atom is 0.412 e. The number of hydrogen-bond donors (Lipinski definition) is 6. The first-order valence-electron chi connectivity index (χ1n) is 30.8. The zero-order valence-corrected chi connectivity index (χ0v) is 51.4. The van der Waals surface area contributed by atoms with Crippen LogP contribution in [0.3, 0.4) is 0 Å². The van der Waals surface area contributed by atoms with Crippen LogP contribution in [0.2, 0.25) is 0 Å². The van der Waals surface area contributed by atoms with E-state index in [1.54, 1.807) is 164 Å². The smallest absolute Gasteiger partial charge is 0.410 e. The number of nitrogens with zero attached hydrogens (tertiary/aromatic N) is 3. The number of Topliss-reactive ketones (excluding diaryl/α,β-unsaturated/α-hetero) is 3. The van der Waals surface area contributed by atoms with E-state index < -0.39 is 70.4 Å². The van der Waals surface area contributed by atoms with E-state index in [1.165, 1.54) is 0 Å². The molecule has 0 aliphatic rings. The molecule has 93 heavy (non-hydrogen) atoms. The highest BCUT2D eigenvalue weighted by Gasteiger charge is 2.20. The van der Waals surface area contributed by atoms with Crippen LogP contribution in [0.5, 0.6) is 17.2 Å². The highest BCUT2D eigenvalue weighted by atomic mass is 16.6. The van der Waals surface area contributed by atoms with Crippen molar-refractivity contribution in [1.82, 2.24) is 45.6 Å². The van der Waals surface area contributed by atoms with Crippen LogP contribution in [-0.4, -0.2) is 86.7 Å². The predicted molar refractivity (Wildman–Crippen MR) is 344 cm³/mol. The molecule has 0 aliphatic carbocycles. The van der Waals surface area contributed by atoms with Crippen LogP contribution in [0.15, 0.2) is 178 Å². The fourth-order valence-corrected chi connectivity index (χ4v) is 9.48. The molecule has 7 aromatic rings. The van der Waals surface area contributed by atoms with Crippen LogP contribution >= 0.6 is 0 Å². The lowest BCUT2D eigenvalue weighted by molar-refractivity contribution is -0.117. The lowest BCUT2D eigenvalue weighted by atomic mass is 10.1. The van der Waals surface area contributed by atoms with E-state index >= 15 is 0 Å². The molecule has 0 spiro atoms. The lowest BCUT2D eigenvalue weighted by Crippen LogP contribution is -2.54. The van der Waals surface area contributed by atoms with Crippen molar-refractivity contribution in [3.8, 4) is 17.2 Å². The molecule has 0 bridgehead atoms. The van der Waals surface area contributed by atoms with E-state index in [9.17, 15) is 57.5 Å². The number of ketones is 3. The molecule has 24 heteroatoms. The number of carbonyl (C=O) groups is 9. The minimum Gasteiger partial charge on any atom is -0.410 e. The molecule has 0 radical (unpaired) electrons. The minimum absolute atomic E-state index is 0.0550. The fourth-order valence-electron chi connectivity index (χ4n) is 9.48. The van der Waals surface area contributed by atoms with E-state index in [0.717, 1.165) is 13.7 Å². The number of hydrogen-bond acceptors (Lipinski definition) is 15. The zero-order chi connectivity index (χ0) is 66.2. The van der Waals surface area contributed by atoms with Gasteiger partial charge in [-0.1, -0.05) is 166 Å². The van der Waals surface area contributed by atoms with Crippen LogP contribution in [0.1, 0.15) is 125 Å². The van der Waals surface area contributed by atoms with Crippen molar-refractivity contribution in [2.75, 3.05) is 19.6 Å². The minimum atomic E-state index is -0.740. The number of ether oxygens (including phenoxy) is 3. The summed E-state index contributed by atoms with van der Waals surface area (Å²) in [5.41, 5.74) is 0.769. The average molecular weight is 1270 g/mol. The number of rotatable bonds is 36. The number of amides is 6. The number of unbranched alkanes of at least 4 members (excludes halogenated alkanes) is 9. The van der Waals surface area contributed by atoms with Crippen molar-refractivity contribution in [3.05, 3.63) is 229 Å². The Kier molecular flexibility index (Phi) is 27.8. The zero-order valence-electron chi connectivity index (χ0n) is 51.4. The van der Waals surface area contributed by atoms with Gasteiger partial charge in [-0.25, -0.2) is 42.5 Å². The van der Waals surface area contributed by atoms with Crippen LogP contribution in [-0.2, 0) is 53.7 Å². The molecule has 24 nitrogen and oxygen atoms in total. The summed E-state index contributed by atoms with van der Waals surface area (Å²) in [6.45, 7) is 1.32. The second-order valence-corrected chi connectivity index (χ2v) is 21.6. The second kappa shape index (κ2) is 37.2. The summed E-state index contributed by atoms with van der Waals surface area (Å²) in [6.07, 6.45) is 4.71. The number of aromatic nitrogens is 3. The van der Waals surface area contributed by atoms with Gasteiger partial charge in [0.15, 0.2) is 0 Å². The van der Waals surface area contributed by atoms with Gasteiger partial charge in [0.05, 0.1) is 0 Å². The van der Waals surface area contributed by atoms with E-state index in [1.807, 2.05) is 0 Å². The largest absolute Gasteiger partial charge is 0.412 e. The third kappa shape index (κ3) is 23.1. The Bertz CT molecular complexity index is 3410. The first-order valence-corrected chi connectivity index (χ1v) is 30.8. The number of benzene rings is 6. The normalized spacial score (nSPS) is 10.7. The van der Waals surface area contributed by atoms with Crippen LogP contribution < -0.4 is 63.2 Å². The molecule has 1 aromatic heterocycles. The molecular formula is C69H75N9O15. The van der Waals surface area contributed by atoms with Gasteiger partial charge < -0.3 is 46.1 Å². The van der Waals surface area contributed by atoms with Gasteiger partial charge in [-0.2, -0.15) is 0 Å². The van der Waals surface area contributed by atoms with Crippen LogP contribution in [0.25, 0.3) is 0 Å². The first kappa shape index (κ1) is 69.4. The quantitative estimate of drug-likeness (QED) is 0.0124. The maximum absolute atomic E-state index is 13.9. The molecule has 0 saturated carbocycles. The molecule has 0 atom stereocenters. The van der Waals surface area contributed by atoms with Gasteiger partial charge in [0.1, 0.15) is 17.2 Å². The molecular weight excluding hydrogens is 1190 g/mol. The molecule has 6 aromatic carbocycles. The Hall–Kier alpha value is -11.0. The van der Waals surface area contributed by atoms with Gasteiger partial charge >= 0.3 is 35.3 Å². The van der Waals surface area contributed by atoms with Crippen molar-refractivity contribution in [2.45, 2.75) is 116 Å². The maximum atomic E-state index is 13.9. The summed E-state index contributed by atoms with van der Waals surface area (Å²) in [5, 5.41) is 15.9. The third-order valence-corrected chi connectivity index (χ3v) is 14.6. The van der Waals surface area contributed by atoms with Gasteiger partial charge in [0.2, 0.25) is 17.3 Å². The molecule has 0 fully saturated rings.